The first-order chi connectivity index (χ1) is 47.0. The van der Waals surface area contributed by atoms with Crippen LogP contribution in [0, 0.1) is 88.3 Å². The highest BCUT2D eigenvalue weighted by Gasteiger charge is 2.42. The van der Waals surface area contributed by atoms with E-state index in [1.807, 2.05) is 55.6 Å². The Balaban J connectivity index is 0.000000575. The van der Waals surface area contributed by atoms with Crippen LogP contribution in [0.4, 0.5) is 52.7 Å². The fraction of sp³-hybridized carbons (Fsp3) is 0.493. The van der Waals surface area contributed by atoms with Crippen LogP contribution < -0.4 is 16.9 Å². The van der Waals surface area contributed by atoms with Gasteiger partial charge in [-0.15, -0.1) is 0 Å². The number of carboxylic acid groups (broad SMARTS) is 1. The molecule has 0 saturated carbocycles. The second-order valence-electron chi connectivity index (χ2n) is 26.1. The molecule has 28 heteroatoms. The van der Waals surface area contributed by atoms with Crippen molar-refractivity contribution in [2.75, 3.05) is 53.5 Å². The minimum Gasteiger partial charge on any atom is -0.480 e. The Kier molecular flexibility index (Phi) is 35.8. The van der Waals surface area contributed by atoms with Crippen molar-refractivity contribution in [3.05, 3.63) is 183 Å². The Labute approximate surface area is 608 Å². The number of benzene rings is 4. The summed E-state index contributed by atoms with van der Waals surface area (Å²) in [6, 6.07) is 4.56. The van der Waals surface area contributed by atoms with E-state index in [1.165, 1.54) is 68.9 Å². The molecule has 4 aromatic carbocycles. The van der Waals surface area contributed by atoms with Crippen LogP contribution in [-0.4, -0.2) is 101 Å². The number of pyridine rings is 2. The van der Waals surface area contributed by atoms with Crippen LogP contribution in [0.25, 0.3) is 22.3 Å². The third-order valence-electron chi connectivity index (χ3n) is 17.6. The van der Waals surface area contributed by atoms with Gasteiger partial charge in [0.1, 0.15) is 40.9 Å². The molecule has 0 bridgehead atoms. The number of Topliss-reactive ketones (excluding diaryl/α,β-unsaturated/α-hetero) is 1. The van der Waals surface area contributed by atoms with Crippen LogP contribution in [-0.2, 0) is 53.8 Å². The number of nitrogens with two attached hydrogens (primary N) is 1. The van der Waals surface area contributed by atoms with E-state index >= 15 is 13.2 Å². The lowest BCUT2D eigenvalue weighted by atomic mass is 9.83. The summed E-state index contributed by atoms with van der Waals surface area (Å²) in [5.41, 5.74) is 1.12. The van der Waals surface area contributed by atoms with Gasteiger partial charge in [-0.3, -0.25) is 24.0 Å². The molecule has 2 aromatic heterocycles. The second-order valence-corrected chi connectivity index (χ2v) is 26.1. The molecule has 3 N–H and O–H groups in total. The van der Waals surface area contributed by atoms with E-state index < -0.39 is 153 Å². The minimum atomic E-state index is -5.31. The molecule has 14 nitrogen and oxygen atoms in total. The summed E-state index contributed by atoms with van der Waals surface area (Å²) in [6.45, 7) is 26.9. The molecule has 6 aromatic rings. The van der Waals surface area contributed by atoms with E-state index in [4.69, 9.17) is 10.5 Å². The maximum absolute atomic E-state index is 16.6. The standard InChI is InChI=1S/C38H46F6N2O4.C20H19F6NO2.C17H28N2O3.2H2S/c1-9-45(8)14-13-25-20-46(32(48)16-23(25)6)30(15-21(3)4)31(47)17-26(18-33(49)50-10-2)35-36(40)27(19-28(37(35)41)38(42,43)44)34-22(5)11-12-29(39)24(34)7;1-4-29-15(28)8-14(27)17-18(22)11(7-12(19(17)23)20(24,25)26)16-9(2)5-6-13(21)10(16)3;1-6-18(5)8-7-14-11-19(16(20)10-13(14)4)15(17(21)22)9-12(2)3;;/h11-12,16,19-21,26,30H,9-10,13-15,17-18H2,1-8H3;5-7,14H,4,8,27H2,1-3H3;10-12,15H,6-9H2,1-5H3,(H,21,22);2*1H2/t26-,30?;14-;;;/m00.../s1. The highest BCUT2D eigenvalue weighted by Crippen LogP contribution is 2.45. The zero-order valence-corrected chi connectivity index (χ0v) is 63.0. The number of aliphatic carboxylic acids is 1. The Bertz CT molecular complexity index is 4050. The molecule has 6 rings (SSSR count). The van der Waals surface area contributed by atoms with Crippen molar-refractivity contribution in [1.82, 2.24) is 18.9 Å². The van der Waals surface area contributed by atoms with E-state index in [2.05, 4.69) is 21.5 Å². The summed E-state index contributed by atoms with van der Waals surface area (Å²) >= 11 is 0. The maximum Gasteiger partial charge on any atom is 0.419 e. The van der Waals surface area contributed by atoms with Crippen molar-refractivity contribution >= 4 is 50.7 Å². The van der Waals surface area contributed by atoms with Gasteiger partial charge in [0.15, 0.2) is 5.78 Å². The number of rotatable bonds is 28. The number of carbonyl (C=O) groups excluding carboxylic acids is 3. The number of halogens is 12. The summed E-state index contributed by atoms with van der Waals surface area (Å²) < 4.78 is 187. The number of esters is 2. The van der Waals surface area contributed by atoms with E-state index in [9.17, 15) is 73.4 Å². The van der Waals surface area contributed by atoms with Gasteiger partial charge < -0.3 is 39.2 Å². The van der Waals surface area contributed by atoms with Crippen LogP contribution in [0.2, 0.25) is 0 Å². The molecule has 0 amide bonds. The van der Waals surface area contributed by atoms with Crippen molar-refractivity contribution in [1.29, 1.82) is 0 Å². The summed E-state index contributed by atoms with van der Waals surface area (Å²) in [7, 11) is 3.98. The predicted molar refractivity (Wildman–Crippen MR) is 384 cm³/mol. The van der Waals surface area contributed by atoms with Gasteiger partial charge in [-0.2, -0.15) is 53.3 Å². The monoisotopic (exact) mass is 1500 g/mol. The molecular formula is C75H97F12N5O9S2. The van der Waals surface area contributed by atoms with Crippen molar-refractivity contribution in [2.24, 2.45) is 17.6 Å². The summed E-state index contributed by atoms with van der Waals surface area (Å²) in [4.78, 5) is 80.0. The Morgan fingerprint density at radius 2 is 0.903 bits per heavy atom. The van der Waals surface area contributed by atoms with Gasteiger partial charge in [0, 0.05) is 78.3 Å². The number of carbonyl (C=O) groups is 4. The Hall–Kier alpha value is -7.40. The van der Waals surface area contributed by atoms with Gasteiger partial charge in [0.05, 0.1) is 43.2 Å². The lowest BCUT2D eigenvalue weighted by Gasteiger charge is -2.26. The predicted octanol–water partition coefficient (Wildman–Crippen LogP) is 16.6. The third kappa shape index (κ3) is 24.3. The molecule has 572 valence electrons. The van der Waals surface area contributed by atoms with Crippen molar-refractivity contribution in [2.45, 2.75) is 178 Å². The van der Waals surface area contributed by atoms with Gasteiger partial charge in [0.2, 0.25) is 0 Å². The molecular weight excluding hydrogens is 1410 g/mol. The van der Waals surface area contributed by atoms with Crippen LogP contribution in [0.15, 0.2) is 70.5 Å². The summed E-state index contributed by atoms with van der Waals surface area (Å²) in [5, 5.41) is 9.45. The normalized spacial score (nSPS) is 12.7. The number of ether oxygens (including phenoxy) is 2. The molecule has 0 aliphatic heterocycles. The molecule has 0 spiro atoms. The number of aromatic nitrogens is 2. The van der Waals surface area contributed by atoms with Gasteiger partial charge in [0.25, 0.3) is 11.1 Å². The molecule has 0 aliphatic rings. The second kappa shape index (κ2) is 40.2. The van der Waals surface area contributed by atoms with Crippen molar-refractivity contribution in [3.63, 3.8) is 0 Å². The van der Waals surface area contributed by atoms with Crippen LogP contribution in [0.5, 0.6) is 0 Å². The van der Waals surface area contributed by atoms with Crippen LogP contribution in [0.1, 0.15) is 178 Å². The van der Waals surface area contributed by atoms with Gasteiger partial charge in [-0.1, -0.05) is 53.7 Å². The molecule has 0 aliphatic carbocycles. The first-order valence-corrected chi connectivity index (χ1v) is 33.3. The molecule has 4 atom stereocenters. The van der Waals surface area contributed by atoms with Gasteiger partial charge >= 0.3 is 30.3 Å². The summed E-state index contributed by atoms with van der Waals surface area (Å²) in [5.74, 6) is -13.6. The average Bonchev–Trinajstić information content (AvgIpc) is 0.761. The fourth-order valence-corrected chi connectivity index (χ4v) is 11.8. The molecule has 0 fully saturated rings. The zero-order valence-electron chi connectivity index (χ0n) is 61.0. The number of aryl methyl sites for hydroxylation is 4. The topological polar surface area (TPSA) is 183 Å². The van der Waals surface area contributed by atoms with E-state index in [0.717, 1.165) is 60.4 Å². The molecule has 103 heavy (non-hydrogen) atoms. The SMILES string of the molecule is CCN(C)CCc1cn(C(CC(C)C)C(=O)O)c(=O)cc1C.CCOC(=O)C[C@H](CC(=O)C(CC(C)C)n1cc(CCN(C)CC)c(C)cc1=O)c1c(F)c(-c2c(C)ccc(F)c2C)cc(C(F)(F)F)c1F.CCOC(=O)C[C@H](N)c1c(F)c(-c2c(C)ccc(F)c2C)cc(C(F)(F)F)c1F.S.S. The van der Waals surface area contributed by atoms with E-state index in [-0.39, 0.29) is 103 Å². The Morgan fingerprint density at radius 1 is 0.534 bits per heavy atom. The van der Waals surface area contributed by atoms with Gasteiger partial charge in [-0.25, -0.2) is 31.1 Å². The minimum absolute atomic E-state index is 0. The third-order valence-corrected chi connectivity index (χ3v) is 17.6. The number of hydrogen-bond acceptors (Lipinski definition) is 11. The molecule has 0 radical (unpaired) electrons. The lowest BCUT2D eigenvalue weighted by molar-refractivity contribution is -0.144. The zero-order chi connectivity index (χ0) is 76.6. The molecule has 0 saturated heterocycles. The van der Waals surface area contributed by atoms with Crippen LogP contribution in [0.3, 0.4) is 0 Å². The first kappa shape index (κ1) is 91.7. The maximum atomic E-state index is 16.6. The van der Waals surface area contributed by atoms with Crippen molar-refractivity contribution in [3.8, 4) is 22.3 Å². The largest absolute Gasteiger partial charge is 0.480 e. The number of nitrogens with zero attached hydrogens (tertiary/aromatic N) is 4. The molecule has 2 unspecified atom stereocenters. The number of carboxylic acids is 1. The quantitative estimate of drug-likeness (QED) is 0.0351. The lowest BCUT2D eigenvalue weighted by Crippen LogP contribution is -2.33. The first-order valence-electron chi connectivity index (χ1n) is 33.3. The average molecular weight is 1500 g/mol. The number of hydrogen-bond donors (Lipinski definition) is 2. The van der Waals surface area contributed by atoms with Crippen molar-refractivity contribution < 1.29 is 86.4 Å². The van der Waals surface area contributed by atoms with Crippen LogP contribution >= 0.6 is 27.0 Å². The molecule has 2 heterocycles. The van der Waals surface area contributed by atoms with Gasteiger partial charge in [-0.05, 0) is 200 Å². The highest BCUT2D eigenvalue weighted by molar-refractivity contribution is 7.59. The van der Waals surface area contributed by atoms with E-state index in [1.54, 1.807) is 25.4 Å². The number of alkyl halides is 6. The smallest absolute Gasteiger partial charge is 0.419 e. The fourth-order valence-electron chi connectivity index (χ4n) is 11.8. The summed E-state index contributed by atoms with van der Waals surface area (Å²) in [6.07, 6.45) is -7.56. The Morgan fingerprint density at radius 3 is 1.27 bits per heavy atom. The number of likely N-dealkylation sites (N-methyl/N-ethyl adjacent to an activating group) is 2. The highest BCUT2D eigenvalue weighted by atomic mass is 32.1. The number of ketones is 1. The van der Waals surface area contributed by atoms with E-state index in [0.29, 0.717) is 25.5 Å².